The van der Waals surface area contributed by atoms with Crippen molar-refractivity contribution in [3.05, 3.63) is 41.5 Å². The summed E-state index contributed by atoms with van der Waals surface area (Å²) in [6.45, 7) is -2.66. The van der Waals surface area contributed by atoms with Crippen molar-refractivity contribution in [2.75, 3.05) is 13.2 Å². The molecule has 34 heavy (non-hydrogen) atoms. The van der Waals surface area contributed by atoms with Gasteiger partial charge in [0.05, 0.1) is 6.61 Å². The van der Waals surface area contributed by atoms with Gasteiger partial charge in [0.15, 0.2) is 17.3 Å². The van der Waals surface area contributed by atoms with Crippen molar-refractivity contribution in [1.82, 2.24) is 0 Å². The Morgan fingerprint density at radius 2 is 1.65 bits per heavy atom. The average Bonchev–Trinajstić information content (AvgIpc) is 3.49. The minimum atomic E-state index is -2.28. The van der Waals surface area contributed by atoms with Gasteiger partial charge in [-0.3, -0.25) is 9.59 Å². The Bertz CT molecular complexity index is 1090. The van der Waals surface area contributed by atoms with Crippen LogP contribution in [0.4, 0.5) is 0 Å². The molecule has 0 bridgehead atoms. The first-order valence-electron chi connectivity index (χ1n) is 10.9. The Labute approximate surface area is 195 Å². The molecule has 0 radical (unpaired) electrons. The van der Waals surface area contributed by atoms with E-state index in [9.17, 15) is 30.0 Å². The fourth-order valence-electron chi connectivity index (χ4n) is 4.12. The molecular weight excluding hydrogens is 448 g/mol. The molecule has 10 nitrogen and oxygen atoms in total. The standard InChI is InChI=1S/C24H26O10/c1-2-31-21(26)24(10-11-24)12-32-19-16(13-4-3-5-15-14(13)6-8-17(15)25)7-9-18(33-22(27)28)20(19)34-23(29)30/h3-5,7,9,22-23,27-30H,2,6,8,10-12H2,1H3. The number of carbonyl (C=O) groups is 2. The molecule has 0 saturated heterocycles. The number of ether oxygens (including phenoxy) is 4. The lowest BCUT2D eigenvalue weighted by Gasteiger charge is -2.23. The van der Waals surface area contributed by atoms with Gasteiger partial charge >= 0.3 is 18.9 Å². The van der Waals surface area contributed by atoms with E-state index in [1.54, 1.807) is 31.2 Å². The van der Waals surface area contributed by atoms with Gasteiger partial charge in [0.2, 0.25) is 5.75 Å². The molecule has 0 unspecified atom stereocenters. The molecule has 0 amide bonds. The Morgan fingerprint density at radius 1 is 0.941 bits per heavy atom. The molecule has 0 spiro atoms. The molecule has 2 aromatic rings. The smallest absolute Gasteiger partial charge is 0.315 e. The predicted molar refractivity (Wildman–Crippen MR) is 116 cm³/mol. The van der Waals surface area contributed by atoms with E-state index in [1.807, 2.05) is 0 Å². The van der Waals surface area contributed by atoms with Gasteiger partial charge in [-0.05, 0) is 49.4 Å². The number of aliphatic hydroxyl groups is 4. The number of hydrogen-bond donors (Lipinski definition) is 4. The number of carbonyl (C=O) groups excluding carboxylic acids is 2. The maximum atomic E-state index is 12.4. The van der Waals surface area contributed by atoms with Crippen molar-refractivity contribution in [3.63, 3.8) is 0 Å². The van der Waals surface area contributed by atoms with Crippen LogP contribution in [0.3, 0.4) is 0 Å². The minimum Gasteiger partial charge on any atom is -0.488 e. The topological polar surface area (TPSA) is 152 Å². The van der Waals surface area contributed by atoms with E-state index in [2.05, 4.69) is 0 Å². The van der Waals surface area contributed by atoms with Crippen molar-refractivity contribution in [3.8, 4) is 28.4 Å². The van der Waals surface area contributed by atoms with Crippen molar-refractivity contribution in [2.24, 2.45) is 5.41 Å². The van der Waals surface area contributed by atoms with E-state index in [-0.39, 0.29) is 36.2 Å². The van der Waals surface area contributed by atoms with Gasteiger partial charge in [-0.15, -0.1) is 0 Å². The van der Waals surface area contributed by atoms with E-state index < -0.39 is 24.3 Å². The van der Waals surface area contributed by atoms with Crippen LogP contribution in [-0.2, 0) is 16.0 Å². The molecule has 0 aromatic heterocycles. The lowest BCUT2D eigenvalue weighted by Crippen LogP contribution is -2.26. The van der Waals surface area contributed by atoms with Gasteiger partial charge < -0.3 is 39.4 Å². The number of rotatable bonds is 10. The normalized spacial score (nSPS) is 15.9. The average molecular weight is 474 g/mol. The van der Waals surface area contributed by atoms with Crippen molar-refractivity contribution in [2.45, 2.75) is 45.6 Å². The largest absolute Gasteiger partial charge is 0.488 e. The summed E-state index contributed by atoms with van der Waals surface area (Å²) in [6.07, 6.45) is 2.00. The summed E-state index contributed by atoms with van der Waals surface area (Å²) in [6, 6.07) is 8.19. The Kier molecular flexibility index (Phi) is 6.76. The van der Waals surface area contributed by atoms with Gasteiger partial charge in [-0.25, -0.2) is 0 Å². The highest BCUT2D eigenvalue weighted by Gasteiger charge is 2.52. The highest BCUT2D eigenvalue weighted by molar-refractivity contribution is 6.02. The quantitative estimate of drug-likeness (QED) is 0.294. The Morgan fingerprint density at radius 3 is 2.29 bits per heavy atom. The predicted octanol–water partition coefficient (Wildman–Crippen LogP) is 1.50. The van der Waals surface area contributed by atoms with Crippen LogP contribution in [0.25, 0.3) is 11.1 Å². The molecule has 2 aromatic carbocycles. The number of esters is 1. The van der Waals surface area contributed by atoms with Gasteiger partial charge in [0.1, 0.15) is 12.0 Å². The summed E-state index contributed by atoms with van der Waals surface area (Å²) in [5.74, 6) is -0.919. The zero-order valence-electron chi connectivity index (χ0n) is 18.5. The van der Waals surface area contributed by atoms with E-state index in [0.29, 0.717) is 42.4 Å². The molecule has 4 rings (SSSR count). The molecule has 0 atom stereocenters. The van der Waals surface area contributed by atoms with E-state index in [1.165, 1.54) is 6.07 Å². The first-order valence-corrected chi connectivity index (χ1v) is 10.9. The molecule has 1 saturated carbocycles. The monoisotopic (exact) mass is 474 g/mol. The number of ketones is 1. The second-order valence-corrected chi connectivity index (χ2v) is 8.20. The molecule has 2 aliphatic rings. The SMILES string of the molecule is CCOC(=O)C1(COc2c(-c3cccc4c3CCC4=O)ccc(OC(O)O)c2OC(O)O)CC1. The second-order valence-electron chi connectivity index (χ2n) is 8.20. The molecule has 1 fully saturated rings. The zero-order valence-corrected chi connectivity index (χ0v) is 18.5. The molecule has 0 aliphatic heterocycles. The zero-order chi connectivity index (χ0) is 24.5. The van der Waals surface area contributed by atoms with Crippen LogP contribution in [0.2, 0.25) is 0 Å². The van der Waals surface area contributed by atoms with Crippen molar-refractivity contribution >= 4 is 11.8 Å². The van der Waals surface area contributed by atoms with Gasteiger partial charge in [0.25, 0.3) is 0 Å². The molecule has 4 N–H and O–H groups in total. The summed E-state index contributed by atoms with van der Waals surface area (Å²) < 4.78 is 21.3. The molecule has 182 valence electrons. The highest BCUT2D eigenvalue weighted by atomic mass is 16.8. The van der Waals surface area contributed by atoms with Crippen LogP contribution in [0.1, 0.15) is 42.1 Å². The second kappa shape index (κ2) is 9.59. The van der Waals surface area contributed by atoms with Crippen LogP contribution in [0.5, 0.6) is 17.2 Å². The highest BCUT2D eigenvalue weighted by Crippen LogP contribution is 2.51. The van der Waals surface area contributed by atoms with Crippen molar-refractivity contribution < 1.29 is 49.0 Å². The molecule has 2 aliphatic carbocycles. The number of benzene rings is 2. The Hall–Kier alpha value is -3.18. The maximum Gasteiger partial charge on any atom is 0.315 e. The van der Waals surface area contributed by atoms with Crippen LogP contribution in [0.15, 0.2) is 30.3 Å². The third-order valence-corrected chi connectivity index (χ3v) is 5.96. The van der Waals surface area contributed by atoms with Crippen LogP contribution < -0.4 is 14.2 Å². The van der Waals surface area contributed by atoms with E-state index in [4.69, 9.17) is 18.9 Å². The van der Waals surface area contributed by atoms with Gasteiger partial charge in [-0.2, -0.15) is 0 Å². The van der Waals surface area contributed by atoms with Gasteiger partial charge in [-0.1, -0.05) is 18.2 Å². The minimum absolute atomic E-state index is 0.00503. The summed E-state index contributed by atoms with van der Waals surface area (Å²) >= 11 is 0. The van der Waals surface area contributed by atoms with Crippen molar-refractivity contribution in [1.29, 1.82) is 0 Å². The Balaban J connectivity index is 1.82. The summed E-state index contributed by atoms with van der Waals surface area (Å²) in [5.41, 5.74) is 1.65. The van der Waals surface area contributed by atoms with Crippen LogP contribution in [0, 0.1) is 5.41 Å². The molecular formula is C24H26O10. The third kappa shape index (κ3) is 4.71. The number of fused-ring (bicyclic) bond motifs is 1. The summed E-state index contributed by atoms with van der Waals surface area (Å²) in [7, 11) is 0. The van der Waals surface area contributed by atoms with Crippen LogP contribution in [-0.4, -0.2) is 58.3 Å². The van der Waals surface area contributed by atoms with Crippen LogP contribution >= 0.6 is 0 Å². The molecule has 0 heterocycles. The fraction of sp³-hybridized carbons (Fsp3) is 0.417. The maximum absolute atomic E-state index is 12.4. The number of aliphatic hydroxyl groups excluding tert-OH is 2. The first-order chi connectivity index (χ1) is 16.3. The number of Topliss-reactive ketones (excluding diaryl/α,β-unsaturated/α-hetero) is 1. The van der Waals surface area contributed by atoms with E-state index in [0.717, 1.165) is 5.56 Å². The lowest BCUT2D eigenvalue weighted by atomic mass is 9.95. The molecule has 10 heteroatoms. The third-order valence-electron chi connectivity index (χ3n) is 5.96. The van der Waals surface area contributed by atoms with E-state index >= 15 is 0 Å². The lowest BCUT2D eigenvalue weighted by molar-refractivity contribution is -0.193. The fourth-order valence-corrected chi connectivity index (χ4v) is 4.12. The first kappa shape index (κ1) is 24.0. The summed E-state index contributed by atoms with van der Waals surface area (Å²) in [4.78, 5) is 24.7. The number of hydrogen-bond acceptors (Lipinski definition) is 10. The van der Waals surface area contributed by atoms with Gasteiger partial charge in [0, 0.05) is 17.5 Å². The summed E-state index contributed by atoms with van der Waals surface area (Å²) in [5, 5.41) is 37.7.